The molecule has 0 radical (unpaired) electrons. The standard InChI is InChI=1S/C13H10ClFIN3O/c14-3-1-13-18-11-6-10(16)9(15)5-12(11)19(13)7-8-2-4-17-20-8/h2,4-6H,1,3,7H2. The number of aromatic nitrogens is 3. The summed E-state index contributed by atoms with van der Waals surface area (Å²) < 4.78 is 21.4. The van der Waals surface area contributed by atoms with Crippen molar-refractivity contribution in [1.82, 2.24) is 14.7 Å². The van der Waals surface area contributed by atoms with Crippen LogP contribution in [0.25, 0.3) is 11.0 Å². The van der Waals surface area contributed by atoms with Gasteiger partial charge in [0.2, 0.25) is 0 Å². The summed E-state index contributed by atoms with van der Waals surface area (Å²) in [7, 11) is 0. The van der Waals surface area contributed by atoms with Gasteiger partial charge >= 0.3 is 0 Å². The van der Waals surface area contributed by atoms with Gasteiger partial charge in [-0.2, -0.15) is 0 Å². The molecule has 0 bridgehead atoms. The zero-order chi connectivity index (χ0) is 14.1. The second-order valence-electron chi connectivity index (χ2n) is 4.29. The molecule has 3 rings (SSSR count). The van der Waals surface area contributed by atoms with Crippen LogP contribution < -0.4 is 0 Å². The number of alkyl halides is 1. The molecule has 0 atom stereocenters. The molecule has 0 N–H and O–H groups in total. The second kappa shape index (κ2) is 5.69. The van der Waals surface area contributed by atoms with Gasteiger partial charge in [-0.3, -0.25) is 0 Å². The van der Waals surface area contributed by atoms with E-state index in [2.05, 4.69) is 10.1 Å². The Labute approximate surface area is 133 Å². The molecule has 0 aliphatic heterocycles. The number of hydrogen-bond donors (Lipinski definition) is 0. The van der Waals surface area contributed by atoms with E-state index < -0.39 is 0 Å². The SMILES string of the molecule is Fc1cc2c(cc1I)nc(CCCl)n2Cc1ccno1. The van der Waals surface area contributed by atoms with Crippen LogP contribution in [0.2, 0.25) is 0 Å². The summed E-state index contributed by atoms with van der Waals surface area (Å²) in [5.74, 6) is 1.71. The number of nitrogens with zero attached hydrogens (tertiary/aromatic N) is 3. The lowest BCUT2D eigenvalue weighted by atomic mass is 10.3. The lowest BCUT2D eigenvalue weighted by molar-refractivity contribution is 0.376. The van der Waals surface area contributed by atoms with Crippen LogP contribution >= 0.6 is 34.2 Å². The first-order valence-electron chi connectivity index (χ1n) is 5.98. The van der Waals surface area contributed by atoms with Gasteiger partial charge in [-0.15, -0.1) is 11.6 Å². The largest absolute Gasteiger partial charge is 0.359 e. The van der Waals surface area contributed by atoms with Crippen molar-refractivity contribution in [2.45, 2.75) is 13.0 Å². The van der Waals surface area contributed by atoms with Crippen molar-refractivity contribution in [2.75, 3.05) is 5.88 Å². The molecule has 20 heavy (non-hydrogen) atoms. The molecule has 3 aromatic rings. The highest BCUT2D eigenvalue weighted by atomic mass is 127. The third-order valence-electron chi connectivity index (χ3n) is 2.99. The third-order valence-corrected chi connectivity index (χ3v) is 4.01. The van der Waals surface area contributed by atoms with Gasteiger partial charge in [0.15, 0.2) is 5.76 Å². The highest BCUT2D eigenvalue weighted by Gasteiger charge is 2.14. The van der Waals surface area contributed by atoms with Crippen LogP contribution in [0.5, 0.6) is 0 Å². The molecule has 0 spiro atoms. The van der Waals surface area contributed by atoms with E-state index in [-0.39, 0.29) is 5.82 Å². The van der Waals surface area contributed by atoms with E-state index in [1.165, 1.54) is 6.07 Å². The fourth-order valence-electron chi connectivity index (χ4n) is 2.10. The van der Waals surface area contributed by atoms with E-state index in [9.17, 15) is 4.39 Å². The summed E-state index contributed by atoms with van der Waals surface area (Å²) >= 11 is 7.77. The van der Waals surface area contributed by atoms with E-state index >= 15 is 0 Å². The summed E-state index contributed by atoms with van der Waals surface area (Å²) in [5, 5.41) is 3.68. The lowest BCUT2D eigenvalue weighted by Gasteiger charge is -2.06. The third kappa shape index (κ3) is 2.54. The van der Waals surface area contributed by atoms with Gasteiger partial charge in [-0.05, 0) is 28.7 Å². The molecule has 0 saturated heterocycles. The topological polar surface area (TPSA) is 43.9 Å². The fraction of sp³-hybridized carbons (Fsp3) is 0.231. The van der Waals surface area contributed by atoms with Crippen molar-refractivity contribution in [2.24, 2.45) is 0 Å². The minimum absolute atomic E-state index is 0.255. The fourth-order valence-corrected chi connectivity index (χ4v) is 2.72. The van der Waals surface area contributed by atoms with E-state index in [4.69, 9.17) is 16.1 Å². The average molecular weight is 406 g/mol. The van der Waals surface area contributed by atoms with Crippen molar-refractivity contribution in [3.63, 3.8) is 0 Å². The van der Waals surface area contributed by atoms with Gasteiger partial charge in [0.05, 0.1) is 27.3 Å². The number of aryl methyl sites for hydroxylation is 1. The highest BCUT2D eigenvalue weighted by Crippen LogP contribution is 2.23. The van der Waals surface area contributed by atoms with Crippen molar-refractivity contribution < 1.29 is 8.91 Å². The molecule has 0 aliphatic rings. The van der Waals surface area contributed by atoms with Crippen molar-refractivity contribution in [3.05, 3.63) is 45.4 Å². The van der Waals surface area contributed by atoms with Crippen LogP contribution in [0.15, 0.2) is 28.9 Å². The number of hydrogen-bond acceptors (Lipinski definition) is 3. The molecule has 0 saturated carbocycles. The summed E-state index contributed by atoms with van der Waals surface area (Å²) in [6.07, 6.45) is 2.20. The monoisotopic (exact) mass is 405 g/mol. The predicted octanol–water partition coefficient (Wildman–Crippen LogP) is 3.60. The maximum atomic E-state index is 13.8. The molecule has 0 unspecified atom stereocenters. The van der Waals surface area contributed by atoms with Gasteiger partial charge in [0.1, 0.15) is 11.6 Å². The first-order chi connectivity index (χ1) is 9.69. The molecule has 0 fully saturated rings. The summed E-state index contributed by atoms with van der Waals surface area (Å²) in [6.45, 7) is 0.461. The zero-order valence-corrected chi connectivity index (χ0v) is 13.2. The van der Waals surface area contributed by atoms with Crippen molar-refractivity contribution in [1.29, 1.82) is 0 Å². The van der Waals surface area contributed by atoms with Crippen molar-refractivity contribution >= 4 is 45.2 Å². The summed E-state index contributed by atoms with van der Waals surface area (Å²) in [4.78, 5) is 4.53. The Balaban J connectivity index is 2.15. The minimum Gasteiger partial charge on any atom is -0.359 e. The van der Waals surface area contributed by atoms with Gasteiger partial charge in [0, 0.05) is 24.4 Å². The lowest BCUT2D eigenvalue weighted by Crippen LogP contribution is -2.05. The van der Waals surface area contributed by atoms with Crippen LogP contribution in [0.1, 0.15) is 11.6 Å². The summed E-state index contributed by atoms with van der Waals surface area (Å²) in [5.41, 5.74) is 1.50. The smallest absolute Gasteiger partial charge is 0.156 e. The number of rotatable bonds is 4. The Morgan fingerprint density at radius 1 is 1.40 bits per heavy atom. The van der Waals surface area contributed by atoms with Crippen LogP contribution in [0.3, 0.4) is 0 Å². The molecule has 0 aliphatic carbocycles. The number of halogens is 3. The molecule has 1 aromatic carbocycles. The predicted molar refractivity (Wildman–Crippen MR) is 82.4 cm³/mol. The Morgan fingerprint density at radius 3 is 2.95 bits per heavy atom. The van der Waals surface area contributed by atoms with Crippen LogP contribution in [0.4, 0.5) is 4.39 Å². The zero-order valence-electron chi connectivity index (χ0n) is 10.3. The number of benzene rings is 1. The Morgan fingerprint density at radius 2 is 2.25 bits per heavy atom. The molecule has 4 nitrogen and oxygen atoms in total. The molecule has 7 heteroatoms. The molecule has 0 amide bonds. The van der Waals surface area contributed by atoms with Gasteiger partial charge in [0.25, 0.3) is 0 Å². The Bertz CT molecular complexity index is 742. The van der Waals surface area contributed by atoms with E-state index in [0.29, 0.717) is 28.2 Å². The average Bonchev–Trinajstić information content (AvgIpc) is 3.02. The maximum absolute atomic E-state index is 13.8. The van der Waals surface area contributed by atoms with Gasteiger partial charge < -0.3 is 9.09 Å². The van der Waals surface area contributed by atoms with Crippen LogP contribution in [0, 0.1) is 9.39 Å². The molecule has 2 heterocycles. The second-order valence-corrected chi connectivity index (χ2v) is 5.83. The number of fused-ring (bicyclic) bond motifs is 1. The van der Waals surface area contributed by atoms with Crippen LogP contribution in [-0.2, 0) is 13.0 Å². The Kier molecular flexibility index (Phi) is 3.93. The van der Waals surface area contributed by atoms with E-state index in [0.717, 1.165) is 16.9 Å². The maximum Gasteiger partial charge on any atom is 0.156 e. The van der Waals surface area contributed by atoms with Gasteiger partial charge in [-0.1, -0.05) is 5.16 Å². The Hall–Kier alpha value is -1.15. The normalized spacial score (nSPS) is 11.3. The molecular weight excluding hydrogens is 396 g/mol. The van der Waals surface area contributed by atoms with E-state index in [1.807, 2.05) is 27.2 Å². The number of imidazole rings is 1. The van der Waals surface area contributed by atoms with E-state index in [1.54, 1.807) is 18.3 Å². The highest BCUT2D eigenvalue weighted by molar-refractivity contribution is 14.1. The van der Waals surface area contributed by atoms with Gasteiger partial charge in [-0.25, -0.2) is 9.37 Å². The quantitative estimate of drug-likeness (QED) is 0.492. The van der Waals surface area contributed by atoms with Crippen molar-refractivity contribution in [3.8, 4) is 0 Å². The molecule has 2 aromatic heterocycles. The summed E-state index contributed by atoms with van der Waals surface area (Å²) in [6, 6.07) is 5.01. The van der Waals surface area contributed by atoms with Crippen LogP contribution in [-0.4, -0.2) is 20.6 Å². The molecular formula is C13H10ClFIN3O. The first-order valence-corrected chi connectivity index (χ1v) is 7.60. The minimum atomic E-state index is -0.255. The first kappa shape index (κ1) is 13.8. The molecule has 104 valence electrons.